The summed E-state index contributed by atoms with van der Waals surface area (Å²) in [6, 6.07) is 0. The molecule has 2 saturated carbocycles. The molecule has 0 unspecified atom stereocenters. The standard InChI is InChI=1S/C21H32O2/c1-20-11-8-19-17(18(20)6-4-14(20)9-12-22)5-3-15-13-16(23)7-10-21(15,19)2/h3-4,16-19,22-23H,5-13H2,1-2H3/t16-,17-,18-,19-,20+,21-/m0/s1. The molecule has 23 heavy (non-hydrogen) atoms. The largest absolute Gasteiger partial charge is 0.396 e. The molecule has 0 spiro atoms. The lowest BCUT2D eigenvalue weighted by atomic mass is 9.47. The van der Waals surface area contributed by atoms with Crippen LogP contribution in [0.15, 0.2) is 23.3 Å². The molecule has 0 saturated heterocycles. The van der Waals surface area contributed by atoms with Gasteiger partial charge >= 0.3 is 0 Å². The first kappa shape index (κ1) is 15.9. The Balaban J connectivity index is 1.63. The van der Waals surface area contributed by atoms with Gasteiger partial charge in [0.05, 0.1) is 6.10 Å². The van der Waals surface area contributed by atoms with Crippen molar-refractivity contribution in [3.8, 4) is 0 Å². The minimum absolute atomic E-state index is 0.107. The van der Waals surface area contributed by atoms with Crippen LogP contribution in [0.1, 0.15) is 65.2 Å². The molecule has 0 bridgehead atoms. The number of allylic oxidation sites excluding steroid dienone is 2. The Hall–Kier alpha value is -0.600. The third-order valence-electron chi connectivity index (χ3n) is 8.20. The molecule has 0 aromatic heterocycles. The van der Waals surface area contributed by atoms with Gasteiger partial charge < -0.3 is 10.2 Å². The van der Waals surface area contributed by atoms with Crippen molar-refractivity contribution >= 4 is 0 Å². The van der Waals surface area contributed by atoms with Crippen molar-refractivity contribution in [1.29, 1.82) is 0 Å². The highest BCUT2D eigenvalue weighted by Gasteiger charge is 2.56. The Bertz CT molecular complexity index is 548. The lowest BCUT2D eigenvalue weighted by Crippen LogP contribution is -2.50. The predicted octanol–water partition coefficient (Wildman–Crippen LogP) is 4.23. The van der Waals surface area contributed by atoms with Crippen molar-refractivity contribution in [3.05, 3.63) is 23.3 Å². The smallest absolute Gasteiger partial charge is 0.0577 e. The van der Waals surface area contributed by atoms with E-state index < -0.39 is 0 Å². The van der Waals surface area contributed by atoms with Crippen molar-refractivity contribution in [1.82, 2.24) is 0 Å². The molecule has 0 amide bonds. The van der Waals surface area contributed by atoms with Gasteiger partial charge in [-0.1, -0.05) is 37.1 Å². The van der Waals surface area contributed by atoms with Crippen molar-refractivity contribution < 1.29 is 10.2 Å². The number of rotatable bonds is 2. The summed E-state index contributed by atoms with van der Waals surface area (Å²) in [5.41, 5.74) is 3.76. The quantitative estimate of drug-likeness (QED) is 0.749. The number of aliphatic hydroxyl groups is 2. The average molecular weight is 316 g/mol. The van der Waals surface area contributed by atoms with Crippen molar-refractivity contribution in [3.63, 3.8) is 0 Å². The molecule has 2 heteroatoms. The monoisotopic (exact) mass is 316 g/mol. The number of aliphatic hydroxyl groups excluding tert-OH is 2. The van der Waals surface area contributed by atoms with Crippen LogP contribution in [0.4, 0.5) is 0 Å². The van der Waals surface area contributed by atoms with E-state index >= 15 is 0 Å². The summed E-state index contributed by atoms with van der Waals surface area (Å²) in [5.74, 6) is 2.37. The minimum Gasteiger partial charge on any atom is -0.396 e. The van der Waals surface area contributed by atoms with E-state index in [0.29, 0.717) is 17.4 Å². The zero-order valence-corrected chi connectivity index (χ0v) is 14.7. The fourth-order valence-electron chi connectivity index (χ4n) is 6.81. The second-order valence-electron chi connectivity index (χ2n) is 9.05. The van der Waals surface area contributed by atoms with E-state index in [1.54, 1.807) is 5.57 Å². The van der Waals surface area contributed by atoms with Gasteiger partial charge in [0.15, 0.2) is 0 Å². The molecule has 4 rings (SSSR count). The molecule has 0 aromatic carbocycles. The summed E-state index contributed by atoms with van der Waals surface area (Å²) in [5, 5.41) is 19.5. The summed E-state index contributed by atoms with van der Waals surface area (Å²) in [6.45, 7) is 5.25. The molecule has 0 aromatic rings. The highest BCUT2D eigenvalue weighted by atomic mass is 16.3. The molecule has 2 N–H and O–H groups in total. The minimum atomic E-state index is -0.107. The Kier molecular flexibility index (Phi) is 3.77. The number of fused-ring (bicyclic) bond motifs is 5. The molecule has 128 valence electrons. The molecule has 0 aliphatic heterocycles. The van der Waals surface area contributed by atoms with Gasteiger partial charge in [0.25, 0.3) is 0 Å². The maximum atomic E-state index is 10.1. The van der Waals surface area contributed by atoms with E-state index in [9.17, 15) is 10.2 Å². The van der Waals surface area contributed by atoms with Gasteiger partial charge in [-0.25, -0.2) is 0 Å². The summed E-state index contributed by atoms with van der Waals surface area (Å²) in [7, 11) is 0. The van der Waals surface area contributed by atoms with Gasteiger partial charge in [-0.3, -0.25) is 0 Å². The van der Waals surface area contributed by atoms with E-state index in [2.05, 4.69) is 26.0 Å². The van der Waals surface area contributed by atoms with Gasteiger partial charge in [-0.05, 0) is 80.0 Å². The van der Waals surface area contributed by atoms with Crippen LogP contribution < -0.4 is 0 Å². The third-order valence-corrected chi connectivity index (χ3v) is 8.20. The zero-order valence-electron chi connectivity index (χ0n) is 14.7. The van der Waals surface area contributed by atoms with E-state index in [-0.39, 0.29) is 6.10 Å². The van der Waals surface area contributed by atoms with Crippen molar-refractivity contribution in [2.45, 2.75) is 71.3 Å². The zero-order chi connectivity index (χ0) is 16.2. The lowest BCUT2D eigenvalue weighted by Gasteiger charge is -2.57. The van der Waals surface area contributed by atoms with Gasteiger partial charge in [0.1, 0.15) is 0 Å². The lowest BCUT2D eigenvalue weighted by molar-refractivity contribution is -0.0304. The summed E-state index contributed by atoms with van der Waals surface area (Å²) in [4.78, 5) is 0. The maximum absolute atomic E-state index is 10.1. The van der Waals surface area contributed by atoms with Crippen LogP contribution in [0.25, 0.3) is 0 Å². The first-order valence-corrected chi connectivity index (χ1v) is 9.67. The molecule has 6 atom stereocenters. The molecule has 0 radical (unpaired) electrons. The first-order chi connectivity index (χ1) is 11.0. The Morgan fingerprint density at radius 3 is 2.61 bits per heavy atom. The Labute approximate surface area is 140 Å². The van der Waals surface area contributed by atoms with E-state index in [1.165, 1.54) is 37.7 Å². The molecule has 2 nitrogen and oxygen atoms in total. The molecule has 4 aliphatic rings. The van der Waals surface area contributed by atoms with Crippen LogP contribution in [0, 0.1) is 28.6 Å². The second-order valence-corrected chi connectivity index (χ2v) is 9.05. The van der Waals surface area contributed by atoms with Gasteiger partial charge in [-0.2, -0.15) is 0 Å². The SMILES string of the molecule is C[C@]12CC[C@H](O)CC1=CC[C@@H]1[C@@H]2CC[C@]2(C)C(CCO)=CC[C@@H]12. The van der Waals surface area contributed by atoms with E-state index in [0.717, 1.165) is 37.0 Å². The van der Waals surface area contributed by atoms with Gasteiger partial charge in [0.2, 0.25) is 0 Å². The predicted molar refractivity (Wildman–Crippen MR) is 92.9 cm³/mol. The van der Waals surface area contributed by atoms with E-state index in [1.807, 2.05) is 0 Å². The fraction of sp³-hybridized carbons (Fsp3) is 0.810. The highest BCUT2D eigenvalue weighted by molar-refractivity contribution is 5.30. The number of hydrogen-bond donors (Lipinski definition) is 2. The van der Waals surface area contributed by atoms with Crippen molar-refractivity contribution in [2.24, 2.45) is 28.6 Å². The molecule has 2 fully saturated rings. The maximum Gasteiger partial charge on any atom is 0.0577 e. The summed E-state index contributed by atoms with van der Waals surface area (Å²) < 4.78 is 0. The van der Waals surface area contributed by atoms with Crippen LogP contribution in [0.5, 0.6) is 0 Å². The summed E-state index contributed by atoms with van der Waals surface area (Å²) >= 11 is 0. The first-order valence-electron chi connectivity index (χ1n) is 9.67. The van der Waals surface area contributed by atoms with Crippen LogP contribution in [0.3, 0.4) is 0 Å². The normalized spacial score (nSPS) is 48.9. The third kappa shape index (κ3) is 2.21. The molecule has 0 heterocycles. The average Bonchev–Trinajstić information content (AvgIpc) is 2.85. The molecular weight excluding hydrogens is 284 g/mol. The van der Waals surface area contributed by atoms with Crippen LogP contribution in [-0.2, 0) is 0 Å². The topological polar surface area (TPSA) is 40.5 Å². The number of hydrogen-bond acceptors (Lipinski definition) is 2. The van der Waals surface area contributed by atoms with Crippen molar-refractivity contribution in [2.75, 3.05) is 6.61 Å². The Morgan fingerprint density at radius 1 is 1.04 bits per heavy atom. The van der Waals surface area contributed by atoms with Crippen LogP contribution >= 0.6 is 0 Å². The summed E-state index contributed by atoms with van der Waals surface area (Å²) in [6.07, 6.45) is 13.8. The van der Waals surface area contributed by atoms with Crippen LogP contribution in [-0.4, -0.2) is 22.9 Å². The highest BCUT2D eigenvalue weighted by Crippen LogP contribution is 2.65. The van der Waals surface area contributed by atoms with E-state index in [4.69, 9.17) is 0 Å². The fourth-order valence-corrected chi connectivity index (χ4v) is 6.81. The molecular formula is C21H32O2. The Morgan fingerprint density at radius 2 is 1.83 bits per heavy atom. The van der Waals surface area contributed by atoms with Gasteiger partial charge in [0, 0.05) is 6.61 Å². The van der Waals surface area contributed by atoms with Gasteiger partial charge in [-0.15, -0.1) is 0 Å². The van der Waals surface area contributed by atoms with Crippen LogP contribution in [0.2, 0.25) is 0 Å². The second kappa shape index (κ2) is 5.46. The molecule has 4 aliphatic carbocycles.